The van der Waals surface area contributed by atoms with E-state index in [1.54, 1.807) is 0 Å². The molecular weight excluding hydrogens is 212 g/mol. The van der Waals surface area contributed by atoms with Gasteiger partial charge in [0.2, 0.25) is 0 Å². The summed E-state index contributed by atoms with van der Waals surface area (Å²) >= 11 is 0. The number of nitrogens with one attached hydrogen (secondary N) is 1. The number of hydrogen-bond acceptors (Lipinski definition) is 3. The van der Waals surface area contributed by atoms with E-state index < -0.39 is 5.60 Å². The van der Waals surface area contributed by atoms with Gasteiger partial charge in [0.1, 0.15) is 0 Å². The Labute approximate surface area is 106 Å². The van der Waals surface area contributed by atoms with Crippen LogP contribution in [0.25, 0.3) is 0 Å². The van der Waals surface area contributed by atoms with Crippen LogP contribution < -0.4 is 5.32 Å². The Hall–Kier alpha value is -0.120. The summed E-state index contributed by atoms with van der Waals surface area (Å²) in [6.07, 6.45) is 7.64. The molecule has 0 aromatic rings. The minimum absolute atomic E-state index is 0.482. The van der Waals surface area contributed by atoms with Crippen molar-refractivity contribution >= 4 is 0 Å². The Morgan fingerprint density at radius 2 is 2.12 bits per heavy atom. The fourth-order valence-electron chi connectivity index (χ4n) is 3.69. The minimum atomic E-state index is -0.482. The number of β-amino-alcohol motifs (C(OH)–C–C–N with tert-alkyl or cyclic N) is 1. The lowest BCUT2D eigenvalue weighted by Crippen LogP contribution is -2.49. The fraction of sp³-hybridized carbons (Fsp3) is 1.00. The molecule has 0 radical (unpaired) electrons. The molecule has 100 valence electrons. The van der Waals surface area contributed by atoms with Crippen LogP contribution in [0, 0.1) is 5.92 Å². The van der Waals surface area contributed by atoms with Gasteiger partial charge in [0.05, 0.1) is 5.60 Å². The number of likely N-dealkylation sites (N-methyl/N-ethyl adjacent to an activating group) is 1. The van der Waals surface area contributed by atoms with Crippen LogP contribution in [0.5, 0.6) is 0 Å². The van der Waals surface area contributed by atoms with Gasteiger partial charge >= 0.3 is 0 Å². The summed E-state index contributed by atoms with van der Waals surface area (Å²) in [5.74, 6) is 0.840. The second kappa shape index (κ2) is 5.68. The van der Waals surface area contributed by atoms with Crippen molar-refractivity contribution < 1.29 is 5.11 Å². The number of nitrogens with zero attached hydrogens (tertiary/aromatic N) is 1. The van der Waals surface area contributed by atoms with Crippen LogP contribution in [-0.4, -0.2) is 48.3 Å². The van der Waals surface area contributed by atoms with Gasteiger partial charge in [0, 0.05) is 19.1 Å². The van der Waals surface area contributed by atoms with Crippen molar-refractivity contribution in [2.24, 2.45) is 5.92 Å². The Balaban J connectivity index is 1.91. The molecule has 1 aliphatic heterocycles. The highest BCUT2D eigenvalue weighted by Crippen LogP contribution is 2.31. The Morgan fingerprint density at radius 1 is 1.35 bits per heavy atom. The summed E-state index contributed by atoms with van der Waals surface area (Å²) in [5, 5.41) is 13.7. The molecule has 1 aliphatic carbocycles. The van der Waals surface area contributed by atoms with Crippen molar-refractivity contribution in [2.75, 3.05) is 26.7 Å². The summed E-state index contributed by atoms with van der Waals surface area (Å²) in [4.78, 5) is 2.43. The number of aliphatic hydroxyl groups is 1. The maximum absolute atomic E-state index is 10.4. The molecule has 1 saturated carbocycles. The maximum atomic E-state index is 10.4. The molecule has 0 bridgehead atoms. The average Bonchev–Trinajstić information content (AvgIpc) is 2.75. The van der Waals surface area contributed by atoms with Crippen LogP contribution in [0.15, 0.2) is 0 Å². The largest absolute Gasteiger partial charge is 0.387 e. The van der Waals surface area contributed by atoms with E-state index >= 15 is 0 Å². The summed E-state index contributed by atoms with van der Waals surface area (Å²) in [7, 11) is 2.20. The van der Waals surface area contributed by atoms with E-state index in [4.69, 9.17) is 0 Å². The van der Waals surface area contributed by atoms with Gasteiger partial charge in [-0.25, -0.2) is 0 Å². The molecule has 3 nitrogen and oxygen atoms in total. The van der Waals surface area contributed by atoms with E-state index in [-0.39, 0.29) is 0 Å². The molecule has 17 heavy (non-hydrogen) atoms. The molecule has 0 spiro atoms. The van der Waals surface area contributed by atoms with Crippen LogP contribution in [0.2, 0.25) is 0 Å². The zero-order valence-corrected chi connectivity index (χ0v) is 11.4. The van der Waals surface area contributed by atoms with E-state index in [1.165, 1.54) is 32.1 Å². The first kappa shape index (κ1) is 13.3. The van der Waals surface area contributed by atoms with Crippen molar-refractivity contribution in [3.63, 3.8) is 0 Å². The normalized spacial score (nSPS) is 38.8. The molecule has 2 rings (SSSR count). The fourth-order valence-corrected chi connectivity index (χ4v) is 3.69. The SMILES string of the molecule is CCC1CCCCC1N(C)CC1(O)CCNC1. The molecule has 3 atom stereocenters. The third-order valence-electron chi connectivity index (χ3n) is 4.72. The summed E-state index contributed by atoms with van der Waals surface area (Å²) in [6.45, 7) is 4.87. The predicted molar refractivity (Wildman–Crippen MR) is 71.1 cm³/mol. The molecule has 2 aliphatic rings. The minimum Gasteiger partial charge on any atom is -0.387 e. The third kappa shape index (κ3) is 3.21. The number of rotatable bonds is 4. The Bertz CT molecular complexity index is 238. The average molecular weight is 240 g/mol. The van der Waals surface area contributed by atoms with Crippen molar-refractivity contribution in [1.82, 2.24) is 10.2 Å². The molecule has 2 fully saturated rings. The zero-order chi connectivity index (χ0) is 12.3. The van der Waals surface area contributed by atoms with Crippen molar-refractivity contribution in [1.29, 1.82) is 0 Å². The van der Waals surface area contributed by atoms with Gasteiger partial charge in [0.15, 0.2) is 0 Å². The topological polar surface area (TPSA) is 35.5 Å². The van der Waals surface area contributed by atoms with E-state index in [1.807, 2.05) is 0 Å². The van der Waals surface area contributed by atoms with Crippen LogP contribution in [-0.2, 0) is 0 Å². The van der Waals surface area contributed by atoms with Crippen LogP contribution in [0.1, 0.15) is 45.4 Å². The molecule has 0 amide bonds. The van der Waals surface area contributed by atoms with Gasteiger partial charge in [0.25, 0.3) is 0 Å². The van der Waals surface area contributed by atoms with Crippen molar-refractivity contribution in [2.45, 2.75) is 57.1 Å². The first-order chi connectivity index (χ1) is 8.14. The smallest absolute Gasteiger partial charge is 0.0909 e. The second-order valence-electron chi connectivity index (χ2n) is 6.09. The predicted octanol–water partition coefficient (Wildman–Crippen LogP) is 1.61. The lowest BCUT2D eigenvalue weighted by atomic mass is 9.81. The van der Waals surface area contributed by atoms with Crippen LogP contribution in [0.4, 0.5) is 0 Å². The van der Waals surface area contributed by atoms with Gasteiger partial charge in [-0.1, -0.05) is 26.2 Å². The van der Waals surface area contributed by atoms with Gasteiger partial charge in [-0.2, -0.15) is 0 Å². The Kier molecular flexibility index (Phi) is 4.45. The van der Waals surface area contributed by atoms with Crippen molar-refractivity contribution in [3.8, 4) is 0 Å². The third-order valence-corrected chi connectivity index (χ3v) is 4.72. The summed E-state index contributed by atoms with van der Waals surface area (Å²) in [5.41, 5.74) is -0.482. The monoisotopic (exact) mass is 240 g/mol. The first-order valence-electron chi connectivity index (χ1n) is 7.28. The molecule has 2 N–H and O–H groups in total. The molecule has 3 unspecified atom stereocenters. The van der Waals surface area contributed by atoms with Gasteiger partial charge < -0.3 is 15.3 Å². The van der Waals surface area contributed by atoms with Gasteiger partial charge in [-0.15, -0.1) is 0 Å². The van der Waals surface area contributed by atoms with E-state index in [0.29, 0.717) is 6.04 Å². The van der Waals surface area contributed by atoms with E-state index in [9.17, 15) is 5.11 Å². The molecule has 1 heterocycles. The molecule has 0 aromatic heterocycles. The molecule has 0 aromatic carbocycles. The quantitative estimate of drug-likeness (QED) is 0.784. The molecular formula is C14H28N2O. The maximum Gasteiger partial charge on any atom is 0.0909 e. The lowest BCUT2D eigenvalue weighted by molar-refractivity contribution is 0.000281. The second-order valence-corrected chi connectivity index (χ2v) is 6.09. The lowest BCUT2D eigenvalue weighted by Gasteiger charge is -2.40. The number of hydrogen-bond donors (Lipinski definition) is 2. The van der Waals surface area contributed by atoms with Gasteiger partial charge in [-0.05, 0) is 38.8 Å². The Morgan fingerprint density at radius 3 is 2.76 bits per heavy atom. The highest BCUT2D eigenvalue weighted by Gasteiger charge is 2.35. The highest BCUT2D eigenvalue weighted by atomic mass is 16.3. The summed E-state index contributed by atoms with van der Waals surface area (Å²) in [6, 6.07) is 0.693. The van der Waals surface area contributed by atoms with Crippen LogP contribution >= 0.6 is 0 Å². The summed E-state index contributed by atoms with van der Waals surface area (Å²) < 4.78 is 0. The van der Waals surface area contributed by atoms with Crippen LogP contribution in [0.3, 0.4) is 0 Å². The molecule has 3 heteroatoms. The van der Waals surface area contributed by atoms with E-state index in [0.717, 1.165) is 32.0 Å². The molecule has 1 saturated heterocycles. The van der Waals surface area contributed by atoms with Gasteiger partial charge in [-0.3, -0.25) is 0 Å². The highest BCUT2D eigenvalue weighted by molar-refractivity contribution is 4.92. The zero-order valence-electron chi connectivity index (χ0n) is 11.4. The first-order valence-corrected chi connectivity index (χ1v) is 7.28. The van der Waals surface area contributed by atoms with E-state index in [2.05, 4.69) is 24.2 Å². The van der Waals surface area contributed by atoms with Crippen molar-refractivity contribution in [3.05, 3.63) is 0 Å². The standard InChI is InChI=1S/C14H28N2O/c1-3-12-6-4-5-7-13(12)16(2)11-14(17)8-9-15-10-14/h12-13,15,17H,3-11H2,1-2H3.